The molecule has 1 aliphatic carbocycles. The molecule has 10 nitrogen and oxygen atoms in total. The van der Waals surface area contributed by atoms with E-state index < -0.39 is 35.8 Å². The van der Waals surface area contributed by atoms with E-state index in [0.29, 0.717) is 11.9 Å². The topological polar surface area (TPSA) is 127 Å². The average Bonchev–Trinajstić information content (AvgIpc) is 3.44. The van der Waals surface area contributed by atoms with Crippen molar-refractivity contribution in [3.63, 3.8) is 0 Å². The van der Waals surface area contributed by atoms with E-state index >= 15 is 0 Å². The second kappa shape index (κ2) is 12.1. The minimum Gasteiger partial charge on any atom is -0.466 e. The molecule has 1 aliphatic heterocycles. The molecule has 2 aromatic rings. The Morgan fingerprint density at radius 3 is 2.63 bits per heavy atom. The maximum atomic E-state index is 14.1. The van der Waals surface area contributed by atoms with Crippen molar-refractivity contribution in [3.05, 3.63) is 36.4 Å². The molecule has 6 atom stereocenters. The van der Waals surface area contributed by atoms with Gasteiger partial charge in [-0.1, -0.05) is 56.7 Å². The number of likely N-dealkylation sites (tertiary alicyclic amines) is 1. The molecule has 10 heteroatoms. The van der Waals surface area contributed by atoms with Crippen molar-refractivity contribution in [2.24, 2.45) is 29.6 Å². The Bertz CT molecular complexity index is 1180. The highest BCUT2D eigenvalue weighted by atomic mass is 16.5. The number of amides is 2. The number of nitrogens with zero attached hydrogens (tertiary/aromatic N) is 4. The highest BCUT2D eigenvalue weighted by Gasteiger charge is 2.58. The van der Waals surface area contributed by atoms with Crippen LogP contribution in [0.4, 0.5) is 0 Å². The summed E-state index contributed by atoms with van der Waals surface area (Å²) < 4.78 is 7.02. The molecule has 2 heterocycles. The summed E-state index contributed by atoms with van der Waals surface area (Å²) in [6.45, 7) is 7.84. The van der Waals surface area contributed by atoms with Crippen LogP contribution in [-0.2, 0) is 25.8 Å². The lowest BCUT2D eigenvalue weighted by atomic mass is 9.69. The Balaban J connectivity index is 1.68. The van der Waals surface area contributed by atoms with Crippen molar-refractivity contribution in [2.75, 3.05) is 13.2 Å². The van der Waals surface area contributed by atoms with E-state index in [-0.39, 0.29) is 43.5 Å². The smallest absolute Gasteiger partial charge is 0.310 e. The zero-order chi connectivity index (χ0) is 27.4. The van der Waals surface area contributed by atoms with Crippen molar-refractivity contribution >= 4 is 28.8 Å². The van der Waals surface area contributed by atoms with Gasteiger partial charge in [-0.2, -0.15) is 0 Å². The number of ether oxygens (including phenoxy) is 1. The van der Waals surface area contributed by atoms with E-state index in [9.17, 15) is 19.5 Å². The molecule has 1 fully saturated rings. The number of hydrogen-bond donors (Lipinski definition) is 2. The van der Waals surface area contributed by atoms with Gasteiger partial charge in [0.25, 0.3) is 0 Å². The van der Waals surface area contributed by atoms with E-state index in [1.807, 2.05) is 57.2 Å². The average molecular weight is 526 g/mol. The molecular formula is C28H39N5O5. The van der Waals surface area contributed by atoms with Gasteiger partial charge in [-0.05, 0) is 43.7 Å². The zero-order valence-corrected chi connectivity index (χ0v) is 22.6. The predicted molar refractivity (Wildman–Crippen MR) is 141 cm³/mol. The van der Waals surface area contributed by atoms with Gasteiger partial charge in [-0.3, -0.25) is 14.4 Å². The molecule has 2 amide bonds. The van der Waals surface area contributed by atoms with Gasteiger partial charge >= 0.3 is 5.97 Å². The summed E-state index contributed by atoms with van der Waals surface area (Å²) in [6.07, 6.45) is 6.03. The largest absolute Gasteiger partial charge is 0.466 e. The number of esters is 1. The molecular weight excluding hydrogens is 486 g/mol. The lowest BCUT2D eigenvalue weighted by Crippen LogP contribution is -2.52. The molecule has 2 aliphatic rings. The monoisotopic (exact) mass is 525 g/mol. The van der Waals surface area contributed by atoms with Crippen LogP contribution in [-0.4, -0.2) is 68.1 Å². The predicted octanol–water partition coefficient (Wildman–Crippen LogP) is 2.52. The number of aliphatic hydroxyl groups is 1. The third-order valence-corrected chi connectivity index (χ3v) is 7.67. The molecule has 38 heavy (non-hydrogen) atoms. The molecule has 206 valence electrons. The fourth-order valence-electron chi connectivity index (χ4n) is 6.12. The summed E-state index contributed by atoms with van der Waals surface area (Å²) in [4.78, 5) is 42.6. The third kappa shape index (κ3) is 5.32. The minimum atomic E-state index is -0.867. The number of para-hydroxylation sites is 1. The first-order valence-corrected chi connectivity index (χ1v) is 13.7. The van der Waals surface area contributed by atoms with Crippen molar-refractivity contribution in [1.29, 1.82) is 0 Å². The van der Waals surface area contributed by atoms with Gasteiger partial charge in [-0.15, -0.1) is 5.10 Å². The van der Waals surface area contributed by atoms with Crippen LogP contribution in [0.15, 0.2) is 36.4 Å². The van der Waals surface area contributed by atoms with Gasteiger partial charge in [0.2, 0.25) is 11.8 Å². The number of benzene rings is 1. The number of fused-ring (bicyclic) bond motifs is 2. The molecule has 1 saturated heterocycles. The Morgan fingerprint density at radius 2 is 1.95 bits per heavy atom. The fourth-order valence-corrected chi connectivity index (χ4v) is 6.12. The highest BCUT2D eigenvalue weighted by Crippen LogP contribution is 2.46. The molecule has 0 saturated carbocycles. The summed E-state index contributed by atoms with van der Waals surface area (Å²) in [5, 5.41) is 21.5. The summed E-state index contributed by atoms with van der Waals surface area (Å²) >= 11 is 0. The summed E-state index contributed by atoms with van der Waals surface area (Å²) in [7, 11) is 0. The summed E-state index contributed by atoms with van der Waals surface area (Å²) in [5.41, 5.74) is 1.49. The summed E-state index contributed by atoms with van der Waals surface area (Å²) in [5.74, 6) is -2.89. The van der Waals surface area contributed by atoms with E-state index in [2.05, 4.69) is 15.6 Å². The van der Waals surface area contributed by atoms with Crippen LogP contribution in [0.25, 0.3) is 11.0 Å². The minimum absolute atomic E-state index is 0.0761. The maximum Gasteiger partial charge on any atom is 0.310 e. The molecule has 2 N–H and O–H groups in total. The number of hydrogen-bond acceptors (Lipinski definition) is 7. The van der Waals surface area contributed by atoms with Crippen molar-refractivity contribution in [2.45, 2.75) is 65.7 Å². The Labute approximate surface area is 223 Å². The van der Waals surface area contributed by atoms with E-state index in [4.69, 9.17) is 4.74 Å². The van der Waals surface area contributed by atoms with Crippen LogP contribution in [0.3, 0.4) is 0 Å². The number of nitrogens with one attached hydrogen (secondary N) is 1. The molecule has 1 aromatic heterocycles. The molecule has 0 radical (unpaired) electrons. The lowest BCUT2D eigenvalue weighted by Gasteiger charge is -2.34. The number of carbonyl (C=O) groups excluding carboxylic acids is 3. The maximum absolute atomic E-state index is 14.1. The fraction of sp³-hybridized carbons (Fsp3) is 0.607. The zero-order valence-electron chi connectivity index (χ0n) is 22.6. The molecule has 0 spiro atoms. The Morgan fingerprint density at radius 1 is 1.18 bits per heavy atom. The third-order valence-electron chi connectivity index (χ3n) is 7.67. The van der Waals surface area contributed by atoms with Crippen LogP contribution in [0.5, 0.6) is 0 Å². The first-order valence-electron chi connectivity index (χ1n) is 13.7. The Kier molecular flexibility index (Phi) is 8.81. The van der Waals surface area contributed by atoms with Crippen LogP contribution in [0, 0.1) is 29.6 Å². The number of aromatic nitrogens is 3. The van der Waals surface area contributed by atoms with E-state index in [1.165, 1.54) is 4.90 Å². The van der Waals surface area contributed by atoms with Gasteiger partial charge < -0.3 is 20.1 Å². The van der Waals surface area contributed by atoms with Gasteiger partial charge in [0.15, 0.2) is 0 Å². The van der Waals surface area contributed by atoms with E-state index in [1.54, 1.807) is 11.6 Å². The first kappa shape index (κ1) is 27.8. The van der Waals surface area contributed by atoms with Crippen LogP contribution < -0.4 is 5.32 Å². The first-order chi connectivity index (χ1) is 18.3. The molecule has 0 bridgehead atoms. The molecule has 1 aromatic carbocycles. The molecule has 0 unspecified atom stereocenters. The molecule has 4 rings (SSSR count). The number of carbonyl (C=O) groups is 3. The van der Waals surface area contributed by atoms with Crippen molar-refractivity contribution in [1.82, 2.24) is 25.2 Å². The Hall–Kier alpha value is -3.27. The van der Waals surface area contributed by atoms with Crippen LogP contribution >= 0.6 is 0 Å². The number of aliphatic hydroxyl groups excluding tert-OH is 1. The van der Waals surface area contributed by atoms with Crippen molar-refractivity contribution in [3.8, 4) is 0 Å². The highest BCUT2D eigenvalue weighted by molar-refractivity contribution is 5.96. The van der Waals surface area contributed by atoms with Gasteiger partial charge in [-0.25, -0.2) is 4.68 Å². The van der Waals surface area contributed by atoms with Crippen LogP contribution in [0.2, 0.25) is 0 Å². The number of rotatable bonds is 11. The van der Waals surface area contributed by atoms with Crippen LogP contribution in [0.1, 0.15) is 47.0 Å². The standard InChI is InChI=1S/C28H39N5O5/c1-5-9-18-12-13-20-24(23(18)28(37)38-6-2)27(36)33(19(15-34)14-17(3)4)25(20)26(35)29-16-32-22-11-8-7-10-21(22)30-31-32/h7-8,10-13,17-20,23-25,34H,5-6,9,14-16H2,1-4H3,(H,29,35)/t18-,19-,20+,23-,24-,25+/m1/s1. The number of allylic oxidation sites excluding steroid dienone is 1. The quantitative estimate of drug-likeness (QED) is 0.341. The van der Waals surface area contributed by atoms with Gasteiger partial charge in [0, 0.05) is 5.92 Å². The SMILES string of the molecule is CCC[C@@H]1C=C[C@H]2[C@@H](C(=O)N([C@@H](CO)CC(C)C)[C@@H]2C(=O)NCn2nnc3ccccc32)[C@@H]1C(=O)OCC. The van der Waals surface area contributed by atoms with Gasteiger partial charge in [0.1, 0.15) is 18.2 Å². The second-order valence-electron chi connectivity index (χ2n) is 10.7. The van der Waals surface area contributed by atoms with Gasteiger partial charge in [0.05, 0.1) is 36.6 Å². The second-order valence-corrected chi connectivity index (χ2v) is 10.7. The van der Waals surface area contributed by atoms with E-state index in [0.717, 1.165) is 18.4 Å². The van der Waals surface area contributed by atoms with Crippen molar-refractivity contribution < 1.29 is 24.2 Å². The lowest BCUT2D eigenvalue weighted by molar-refractivity contribution is -0.156. The normalized spacial score (nSPS) is 25.6. The summed E-state index contributed by atoms with van der Waals surface area (Å²) in [6, 6.07) is 6.04.